The van der Waals surface area contributed by atoms with Crippen LogP contribution >= 0.6 is 0 Å². The van der Waals surface area contributed by atoms with E-state index in [1.54, 1.807) is 0 Å². The maximum Gasteiger partial charge on any atom is 0.222 e. The predicted molar refractivity (Wildman–Crippen MR) is 72.0 cm³/mol. The zero-order valence-electron chi connectivity index (χ0n) is 11.5. The van der Waals surface area contributed by atoms with Crippen LogP contribution < -0.4 is 5.32 Å². The van der Waals surface area contributed by atoms with Gasteiger partial charge in [0.2, 0.25) is 5.91 Å². The van der Waals surface area contributed by atoms with Crippen molar-refractivity contribution in [2.45, 2.75) is 64.8 Å². The average molecular weight is 240 g/mol. The summed E-state index contributed by atoms with van der Waals surface area (Å²) >= 11 is 0. The zero-order valence-corrected chi connectivity index (χ0v) is 11.5. The minimum Gasteiger partial charge on any atom is -0.343 e. The Hall–Kier alpha value is -0.570. The molecular weight excluding hydrogens is 212 g/mol. The van der Waals surface area contributed by atoms with Gasteiger partial charge in [0.05, 0.1) is 0 Å². The smallest absolute Gasteiger partial charge is 0.222 e. The molecule has 0 aromatic carbocycles. The Kier molecular flexibility index (Phi) is 7.25. The molecule has 1 saturated carbocycles. The molecule has 100 valence electrons. The second kappa shape index (κ2) is 8.51. The lowest BCUT2D eigenvalue weighted by Crippen LogP contribution is -2.30. The Morgan fingerprint density at radius 2 is 1.82 bits per heavy atom. The molecule has 0 atom stereocenters. The van der Waals surface area contributed by atoms with Crippen LogP contribution in [0.1, 0.15) is 58.8 Å². The van der Waals surface area contributed by atoms with Gasteiger partial charge in [-0.15, -0.1) is 0 Å². The summed E-state index contributed by atoms with van der Waals surface area (Å²) in [4.78, 5) is 13.7. The highest BCUT2D eigenvalue weighted by atomic mass is 16.2. The number of carbonyl (C=O) groups is 1. The van der Waals surface area contributed by atoms with Crippen LogP contribution in [-0.2, 0) is 4.79 Å². The molecule has 0 unspecified atom stereocenters. The first kappa shape index (κ1) is 14.5. The van der Waals surface area contributed by atoms with E-state index in [0.717, 1.165) is 38.5 Å². The van der Waals surface area contributed by atoms with Crippen LogP contribution in [0.4, 0.5) is 0 Å². The van der Waals surface area contributed by atoms with Gasteiger partial charge in [0.15, 0.2) is 0 Å². The molecule has 3 nitrogen and oxygen atoms in total. The summed E-state index contributed by atoms with van der Waals surface area (Å²) in [5, 5.41) is 3.59. The molecule has 0 aromatic rings. The highest BCUT2D eigenvalue weighted by Crippen LogP contribution is 2.17. The van der Waals surface area contributed by atoms with Crippen molar-refractivity contribution in [2.24, 2.45) is 0 Å². The van der Waals surface area contributed by atoms with E-state index in [1.807, 2.05) is 18.7 Å². The molecule has 0 saturated heterocycles. The molecule has 1 aliphatic carbocycles. The molecule has 1 aliphatic rings. The fourth-order valence-corrected chi connectivity index (χ4v) is 2.57. The largest absolute Gasteiger partial charge is 0.343 e. The lowest BCUT2D eigenvalue weighted by molar-refractivity contribution is -0.130. The van der Waals surface area contributed by atoms with Crippen molar-refractivity contribution in [3.63, 3.8) is 0 Å². The molecule has 3 heteroatoms. The molecule has 1 amide bonds. The Bertz CT molecular complexity index is 208. The summed E-state index contributed by atoms with van der Waals surface area (Å²) in [6.07, 6.45) is 8.33. The second-order valence-electron chi connectivity index (χ2n) is 4.96. The molecule has 0 bridgehead atoms. The number of carbonyl (C=O) groups excluding carboxylic acids is 1. The van der Waals surface area contributed by atoms with E-state index >= 15 is 0 Å². The van der Waals surface area contributed by atoms with Gasteiger partial charge >= 0.3 is 0 Å². The van der Waals surface area contributed by atoms with E-state index in [4.69, 9.17) is 0 Å². The minimum absolute atomic E-state index is 0.316. The molecule has 17 heavy (non-hydrogen) atoms. The molecule has 1 rings (SSSR count). The van der Waals surface area contributed by atoms with Crippen molar-refractivity contribution in [1.29, 1.82) is 0 Å². The van der Waals surface area contributed by atoms with E-state index in [1.165, 1.54) is 25.7 Å². The van der Waals surface area contributed by atoms with Gasteiger partial charge in [-0.2, -0.15) is 0 Å². The third kappa shape index (κ3) is 5.53. The standard InChI is InChI=1S/C14H28N2O/c1-3-16(4-2)14(17)11-7-8-12-15-13-9-5-6-10-13/h13,15H,3-12H2,1-2H3. The molecule has 0 aliphatic heterocycles. The van der Waals surface area contributed by atoms with Gasteiger partial charge in [0.25, 0.3) is 0 Å². The van der Waals surface area contributed by atoms with E-state index in [-0.39, 0.29) is 0 Å². The molecule has 0 spiro atoms. The second-order valence-corrected chi connectivity index (χ2v) is 4.96. The molecule has 1 fully saturated rings. The van der Waals surface area contributed by atoms with Crippen LogP contribution in [-0.4, -0.2) is 36.5 Å². The van der Waals surface area contributed by atoms with E-state index in [2.05, 4.69) is 5.32 Å². The quantitative estimate of drug-likeness (QED) is 0.661. The van der Waals surface area contributed by atoms with Crippen LogP contribution in [0.2, 0.25) is 0 Å². The van der Waals surface area contributed by atoms with Gasteiger partial charge in [-0.1, -0.05) is 12.8 Å². The van der Waals surface area contributed by atoms with Gasteiger partial charge in [-0.05, 0) is 46.1 Å². The fourth-order valence-electron chi connectivity index (χ4n) is 2.57. The Labute approximate surface area is 106 Å². The number of nitrogens with zero attached hydrogens (tertiary/aromatic N) is 1. The Balaban J connectivity index is 1.97. The molecule has 0 aromatic heterocycles. The van der Waals surface area contributed by atoms with E-state index in [9.17, 15) is 4.79 Å². The SMILES string of the molecule is CCN(CC)C(=O)CCCCNC1CCCC1. The van der Waals surface area contributed by atoms with Crippen molar-refractivity contribution in [3.8, 4) is 0 Å². The summed E-state index contributed by atoms with van der Waals surface area (Å²) in [6, 6.07) is 0.758. The molecule has 1 N–H and O–H groups in total. The molecule has 0 radical (unpaired) electrons. The van der Waals surface area contributed by atoms with Gasteiger partial charge in [0.1, 0.15) is 0 Å². The average Bonchev–Trinajstić information content (AvgIpc) is 2.83. The van der Waals surface area contributed by atoms with Crippen molar-refractivity contribution in [3.05, 3.63) is 0 Å². The monoisotopic (exact) mass is 240 g/mol. The van der Waals surface area contributed by atoms with Crippen LogP contribution in [0.3, 0.4) is 0 Å². The van der Waals surface area contributed by atoms with Gasteiger partial charge in [-0.25, -0.2) is 0 Å². The summed E-state index contributed by atoms with van der Waals surface area (Å²) in [5.41, 5.74) is 0. The van der Waals surface area contributed by atoms with Crippen molar-refractivity contribution in [1.82, 2.24) is 10.2 Å². The normalized spacial score (nSPS) is 16.4. The van der Waals surface area contributed by atoms with Crippen molar-refractivity contribution in [2.75, 3.05) is 19.6 Å². The summed E-state index contributed by atoms with van der Waals surface area (Å²) in [6.45, 7) is 6.85. The van der Waals surface area contributed by atoms with Crippen molar-refractivity contribution < 1.29 is 4.79 Å². The number of nitrogens with one attached hydrogen (secondary N) is 1. The number of unbranched alkanes of at least 4 members (excludes halogenated alkanes) is 1. The number of rotatable bonds is 8. The van der Waals surface area contributed by atoms with E-state index in [0.29, 0.717) is 12.3 Å². The van der Waals surface area contributed by atoms with Crippen LogP contribution in [0.15, 0.2) is 0 Å². The maximum absolute atomic E-state index is 11.7. The summed E-state index contributed by atoms with van der Waals surface area (Å²) in [5.74, 6) is 0.316. The first-order valence-corrected chi connectivity index (χ1v) is 7.29. The first-order chi connectivity index (χ1) is 8.27. The third-order valence-corrected chi connectivity index (χ3v) is 3.72. The first-order valence-electron chi connectivity index (χ1n) is 7.29. The number of hydrogen-bond acceptors (Lipinski definition) is 2. The topological polar surface area (TPSA) is 32.3 Å². The van der Waals surface area contributed by atoms with E-state index < -0.39 is 0 Å². The summed E-state index contributed by atoms with van der Waals surface area (Å²) in [7, 11) is 0. The summed E-state index contributed by atoms with van der Waals surface area (Å²) < 4.78 is 0. The van der Waals surface area contributed by atoms with Gasteiger partial charge in [-0.3, -0.25) is 4.79 Å². The lowest BCUT2D eigenvalue weighted by atomic mass is 10.2. The Morgan fingerprint density at radius 1 is 1.18 bits per heavy atom. The minimum atomic E-state index is 0.316. The van der Waals surface area contributed by atoms with Gasteiger partial charge < -0.3 is 10.2 Å². The fraction of sp³-hybridized carbons (Fsp3) is 0.929. The third-order valence-electron chi connectivity index (χ3n) is 3.72. The number of hydrogen-bond donors (Lipinski definition) is 1. The predicted octanol–water partition coefficient (Wildman–Crippen LogP) is 2.56. The van der Waals surface area contributed by atoms with Crippen molar-refractivity contribution >= 4 is 5.91 Å². The maximum atomic E-state index is 11.7. The molecular formula is C14H28N2O. The highest BCUT2D eigenvalue weighted by Gasteiger charge is 2.13. The zero-order chi connectivity index (χ0) is 12.5. The van der Waals surface area contributed by atoms with Gasteiger partial charge in [0, 0.05) is 25.6 Å². The number of amides is 1. The van der Waals surface area contributed by atoms with Crippen LogP contribution in [0.25, 0.3) is 0 Å². The van der Waals surface area contributed by atoms with Crippen LogP contribution in [0.5, 0.6) is 0 Å². The molecule has 0 heterocycles. The van der Waals surface area contributed by atoms with Crippen LogP contribution in [0, 0.1) is 0 Å². The highest BCUT2D eigenvalue weighted by molar-refractivity contribution is 5.75. The Morgan fingerprint density at radius 3 is 2.41 bits per heavy atom. The lowest BCUT2D eigenvalue weighted by Gasteiger charge is -2.18.